The van der Waals surface area contributed by atoms with Crippen molar-refractivity contribution in [2.45, 2.75) is 26.4 Å². The van der Waals surface area contributed by atoms with Crippen molar-refractivity contribution in [3.05, 3.63) is 70.7 Å². The summed E-state index contributed by atoms with van der Waals surface area (Å²) in [7, 11) is 1.42. The molecule has 11 heteroatoms. The summed E-state index contributed by atoms with van der Waals surface area (Å²) in [6, 6.07) is 5.99. The number of fused-ring (bicyclic) bond motifs is 1. The Kier molecular flexibility index (Phi) is 5.88. The van der Waals surface area contributed by atoms with Gasteiger partial charge in [0.05, 0.1) is 35.9 Å². The van der Waals surface area contributed by atoms with Crippen molar-refractivity contribution < 1.29 is 31.5 Å². The molecule has 0 fully saturated rings. The molecular weight excluding hydrogens is 459 g/mol. The molecule has 1 aromatic carbocycles. The average Bonchev–Trinajstić information content (AvgIpc) is 2.80. The number of anilines is 3. The molecule has 0 radical (unpaired) electrons. The van der Waals surface area contributed by atoms with Crippen LogP contribution in [0.2, 0.25) is 0 Å². The standard InChI is InChI=1S/C23H19F5N4O2/c1-4-13-17(6-5-15(24)21(13)25)31-11-32(16-7-8-20(34-3)30-12(16)2)22(33)14-9-19(23(26,27)28)29-10-18(14)31/h5-10H,4,11H2,1-3H3. The Morgan fingerprint density at radius 3 is 2.38 bits per heavy atom. The number of amides is 1. The molecule has 178 valence electrons. The maximum Gasteiger partial charge on any atom is 0.433 e. The normalized spacial score (nSPS) is 13.8. The molecule has 0 saturated carbocycles. The molecule has 6 nitrogen and oxygen atoms in total. The molecule has 34 heavy (non-hydrogen) atoms. The third-order valence-corrected chi connectivity index (χ3v) is 5.57. The summed E-state index contributed by atoms with van der Waals surface area (Å²) in [5.41, 5.74) is -0.531. The number of halogens is 5. The molecule has 3 heterocycles. The SMILES string of the molecule is CCc1c(N2CN(c3ccc(OC)nc3C)C(=O)c3cc(C(F)(F)F)ncc32)ccc(F)c1F. The molecule has 0 atom stereocenters. The molecule has 0 saturated heterocycles. The van der Waals surface area contributed by atoms with Crippen LogP contribution in [0.1, 0.15) is 34.2 Å². The first-order valence-corrected chi connectivity index (χ1v) is 10.2. The molecule has 0 unspecified atom stereocenters. The van der Waals surface area contributed by atoms with E-state index in [0.29, 0.717) is 23.3 Å². The predicted molar refractivity (Wildman–Crippen MR) is 114 cm³/mol. The monoisotopic (exact) mass is 478 g/mol. The van der Waals surface area contributed by atoms with Crippen molar-refractivity contribution in [1.29, 1.82) is 0 Å². The Balaban J connectivity index is 1.94. The zero-order valence-electron chi connectivity index (χ0n) is 18.4. The van der Waals surface area contributed by atoms with Gasteiger partial charge in [-0.25, -0.2) is 18.7 Å². The van der Waals surface area contributed by atoms with Crippen LogP contribution >= 0.6 is 0 Å². The van der Waals surface area contributed by atoms with Gasteiger partial charge in [0.1, 0.15) is 12.4 Å². The van der Waals surface area contributed by atoms with Gasteiger partial charge in [0.2, 0.25) is 5.88 Å². The summed E-state index contributed by atoms with van der Waals surface area (Å²) in [6.45, 7) is 3.05. The van der Waals surface area contributed by atoms with Gasteiger partial charge in [0.15, 0.2) is 11.6 Å². The van der Waals surface area contributed by atoms with E-state index >= 15 is 0 Å². The predicted octanol–water partition coefficient (Wildman–Crippen LogP) is 5.41. The largest absolute Gasteiger partial charge is 0.481 e. The van der Waals surface area contributed by atoms with Gasteiger partial charge in [-0.15, -0.1) is 0 Å². The van der Waals surface area contributed by atoms with Crippen molar-refractivity contribution in [3.8, 4) is 5.88 Å². The van der Waals surface area contributed by atoms with Crippen LogP contribution in [-0.2, 0) is 12.6 Å². The second-order valence-corrected chi connectivity index (χ2v) is 7.56. The molecule has 0 aliphatic carbocycles. The van der Waals surface area contributed by atoms with Crippen molar-refractivity contribution in [2.75, 3.05) is 23.6 Å². The van der Waals surface area contributed by atoms with Gasteiger partial charge in [0.25, 0.3) is 5.91 Å². The van der Waals surface area contributed by atoms with E-state index in [1.54, 1.807) is 19.9 Å². The lowest BCUT2D eigenvalue weighted by Gasteiger charge is -2.39. The van der Waals surface area contributed by atoms with E-state index in [1.165, 1.54) is 29.0 Å². The number of nitrogens with zero attached hydrogens (tertiary/aromatic N) is 4. The number of pyridine rings is 2. The molecule has 2 aromatic heterocycles. The Hall–Kier alpha value is -3.76. The fourth-order valence-corrected chi connectivity index (χ4v) is 3.91. The van der Waals surface area contributed by atoms with Crippen LogP contribution in [0.25, 0.3) is 0 Å². The van der Waals surface area contributed by atoms with Gasteiger partial charge in [-0.05, 0) is 37.6 Å². The smallest absolute Gasteiger partial charge is 0.433 e. The molecule has 1 amide bonds. The number of aromatic nitrogens is 2. The molecular formula is C23H19F5N4O2. The Labute approximate surface area is 191 Å². The quantitative estimate of drug-likeness (QED) is 0.470. The summed E-state index contributed by atoms with van der Waals surface area (Å²) >= 11 is 0. The molecule has 4 rings (SSSR count). The summed E-state index contributed by atoms with van der Waals surface area (Å²) < 4.78 is 73.7. The second kappa shape index (κ2) is 8.54. The van der Waals surface area contributed by atoms with Crippen molar-refractivity contribution in [3.63, 3.8) is 0 Å². The van der Waals surface area contributed by atoms with Crippen molar-refractivity contribution >= 4 is 23.0 Å². The highest BCUT2D eigenvalue weighted by molar-refractivity contribution is 6.12. The van der Waals surface area contributed by atoms with Gasteiger partial charge < -0.3 is 9.64 Å². The van der Waals surface area contributed by atoms with Crippen LogP contribution in [0, 0.1) is 18.6 Å². The third-order valence-electron chi connectivity index (χ3n) is 5.57. The first-order chi connectivity index (χ1) is 16.1. The lowest BCUT2D eigenvalue weighted by molar-refractivity contribution is -0.141. The van der Waals surface area contributed by atoms with Gasteiger partial charge in [-0.3, -0.25) is 9.69 Å². The summed E-state index contributed by atoms with van der Waals surface area (Å²) in [5, 5.41) is 0. The van der Waals surface area contributed by atoms with E-state index in [4.69, 9.17) is 4.74 Å². The minimum Gasteiger partial charge on any atom is -0.481 e. The lowest BCUT2D eigenvalue weighted by atomic mass is 10.0. The van der Waals surface area contributed by atoms with Crippen LogP contribution < -0.4 is 14.5 Å². The Bertz CT molecular complexity index is 1280. The third kappa shape index (κ3) is 3.91. The van der Waals surface area contributed by atoms with Crippen LogP contribution in [0.3, 0.4) is 0 Å². The molecule has 0 bridgehead atoms. The lowest BCUT2D eigenvalue weighted by Crippen LogP contribution is -2.46. The van der Waals surface area contributed by atoms with Crippen LogP contribution in [0.15, 0.2) is 36.5 Å². The fourth-order valence-electron chi connectivity index (χ4n) is 3.91. The number of carbonyl (C=O) groups excluding carboxylic acids is 1. The number of rotatable bonds is 4. The number of carbonyl (C=O) groups is 1. The van der Waals surface area contributed by atoms with Crippen molar-refractivity contribution in [2.24, 2.45) is 0 Å². The van der Waals surface area contributed by atoms with Gasteiger partial charge >= 0.3 is 6.18 Å². The van der Waals surface area contributed by atoms with E-state index in [-0.39, 0.29) is 35.6 Å². The first-order valence-electron chi connectivity index (χ1n) is 10.2. The number of alkyl halides is 3. The number of methoxy groups -OCH3 is 1. The molecule has 1 aliphatic heterocycles. The molecule has 0 spiro atoms. The number of benzene rings is 1. The number of hydrogen-bond donors (Lipinski definition) is 0. The van der Waals surface area contributed by atoms with Gasteiger partial charge in [0, 0.05) is 17.3 Å². The zero-order valence-corrected chi connectivity index (χ0v) is 18.4. The second-order valence-electron chi connectivity index (χ2n) is 7.56. The number of hydrogen-bond acceptors (Lipinski definition) is 5. The van der Waals surface area contributed by atoms with E-state index < -0.39 is 29.4 Å². The van der Waals surface area contributed by atoms with Gasteiger partial charge in [-0.2, -0.15) is 13.2 Å². The van der Waals surface area contributed by atoms with E-state index in [9.17, 15) is 26.7 Å². The maximum atomic E-state index is 14.6. The topological polar surface area (TPSA) is 58.6 Å². The van der Waals surface area contributed by atoms with Crippen LogP contribution in [0.5, 0.6) is 5.88 Å². The highest BCUT2D eigenvalue weighted by atomic mass is 19.4. The highest BCUT2D eigenvalue weighted by Crippen LogP contribution is 2.40. The van der Waals surface area contributed by atoms with E-state index in [2.05, 4.69) is 9.97 Å². The minimum atomic E-state index is -4.78. The van der Waals surface area contributed by atoms with Crippen LogP contribution in [0.4, 0.5) is 39.0 Å². The van der Waals surface area contributed by atoms with E-state index in [1.807, 2.05) is 0 Å². The number of ether oxygens (including phenoxy) is 1. The minimum absolute atomic E-state index is 0.0183. The fraction of sp³-hybridized carbons (Fsp3) is 0.261. The number of aryl methyl sites for hydroxylation is 1. The summed E-state index contributed by atoms with van der Waals surface area (Å²) in [5.74, 6) is -2.53. The summed E-state index contributed by atoms with van der Waals surface area (Å²) in [6.07, 6.45) is -3.75. The average molecular weight is 478 g/mol. The van der Waals surface area contributed by atoms with Crippen LogP contribution in [-0.4, -0.2) is 29.7 Å². The van der Waals surface area contributed by atoms with Gasteiger partial charge in [-0.1, -0.05) is 6.92 Å². The van der Waals surface area contributed by atoms with Crippen molar-refractivity contribution in [1.82, 2.24) is 9.97 Å². The maximum absolute atomic E-state index is 14.6. The zero-order chi connectivity index (χ0) is 24.8. The molecule has 0 N–H and O–H groups in total. The Morgan fingerprint density at radius 1 is 1.06 bits per heavy atom. The molecule has 3 aromatic rings. The summed E-state index contributed by atoms with van der Waals surface area (Å²) in [4.78, 5) is 23.7. The Morgan fingerprint density at radius 2 is 1.76 bits per heavy atom. The molecule has 1 aliphatic rings. The first kappa shape index (κ1) is 23.4. The van der Waals surface area contributed by atoms with E-state index in [0.717, 1.165) is 12.3 Å². The highest BCUT2D eigenvalue weighted by Gasteiger charge is 2.38.